The molecule has 0 aliphatic carbocycles. The Morgan fingerprint density at radius 3 is 2.72 bits per heavy atom. The largest absolute Gasteiger partial charge is 0.377 e. The predicted octanol–water partition coefficient (Wildman–Crippen LogP) is 2.15. The quantitative estimate of drug-likeness (QED) is 0.741. The Kier molecular flexibility index (Phi) is 6.40. The molecule has 0 radical (unpaired) electrons. The van der Waals surface area contributed by atoms with Gasteiger partial charge in [0.1, 0.15) is 5.82 Å². The second-order valence-corrected chi connectivity index (χ2v) is 9.35. The maximum absolute atomic E-state index is 13.2. The van der Waals surface area contributed by atoms with E-state index in [0.29, 0.717) is 18.1 Å². The van der Waals surface area contributed by atoms with Crippen LogP contribution in [0, 0.1) is 20.8 Å². The SMILES string of the molecule is Cc1cccc(NC(=O)CN(CC2CCCO2)S(=O)(=O)c2cn(C)c(C)n2)c1C. The van der Waals surface area contributed by atoms with Gasteiger partial charge in [-0.3, -0.25) is 4.79 Å². The summed E-state index contributed by atoms with van der Waals surface area (Å²) < 4.78 is 34.9. The van der Waals surface area contributed by atoms with E-state index in [1.165, 1.54) is 10.5 Å². The van der Waals surface area contributed by atoms with Crippen molar-refractivity contribution >= 4 is 21.6 Å². The zero-order valence-electron chi connectivity index (χ0n) is 17.3. The number of amides is 1. The van der Waals surface area contributed by atoms with Gasteiger partial charge in [0.2, 0.25) is 5.91 Å². The lowest BCUT2D eigenvalue weighted by Gasteiger charge is -2.23. The van der Waals surface area contributed by atoms with E-state index in [-0.39, 0.29) is 24.2 Å². The Morgan fingerprint density at radius 1 is 1.34 bits per heavy atom. The minimum Gasteiger partial charge on any atom is -0.377 e. The Balaban J connectivity index is 1.83. The van der Waals surface area contributed by atoms with Gasteiger partial charge in [-0.1, -0.05) is 12.1 Å². The van der Waals surface area contributed by atoms with Crippen LogP contribution in [0.3, 0.4) is 0 Å². The van der Waals surface area contributed by atoms with Crippen LogP contribution in [-0.2, 0) is 26.6 Å². The fourth-order valence-corrected chi connectivity index (χ4v) is 4.74. The lowest BCUT2D eigenvalue weighted by Crippen LogP contribution is -2.42. The summed E-state index contributed by atoms with van der Waals surface area (Å²) in [5.74, 6) is 0.188. The molecule has 1 unspecified atom stereocenters. The number of ether oxygens (including phenoxy) is 1. The summed E-state index contributed by atoms with van der Waals surface area (Å²) in [5, 5.41) is 2.77. The number of carbonyl (C=O) groups is 1. The molecular formula is C20H28N4O4S. The van der Waals surface area contributed by atoms with Crippen molar-refractivity contribution in [3.63, 3.8) is 0 Å². The van der Waals surface area contributed by atoms with E-state index in [1.807, 2.05) is 26.0 Å². The smallest absolute Gasteiger partial charge is 0.262 e. The van der Waals surface area contributed by atoms with E-state index < -0.39 is 15.9 Å². The van der Waals surface area contributed by atoms with Gasteiger partial charge in [0.25, 0.3) is 10.0 Å². The number of carbonyl (C=O) groups excluding carboxylic acids is 1. The highest BCUT2D eigenvalue weighted by Crippen LogP contribution is 2.21. The van der Waals surface area contributed by atoms with Crippen molar-refractivity contribution in [1.82, 2.24) is 13.9 Å². The van der Waals surface area contributed by atoms with Crippen LogP contribution < -0.4 is 5.32 Å². The Labute approximate surface area is 171 Å². The summed E-state index contributed by atoms with van der Waals surface area (Å²) in [6, 6.07) is 5.62. The van der Waals surface area contributed by atoms with Gasteiger partial charge in [-0.15, -0.1) is 0 Å². The number of nitrogens with one attached hydrogen (secondary N) is 1. The topological polar surface area (TPSA) is 93.5 Å². The zero-order valence-corrected chi connectivity index (χ0v) is 18.1. The second kappa shape index (κ2) is 8.64. The molecule has 8 nitrogen and oxygen atoms in total. The van der Waals surface area contributed by atoms with Crippen molar-refractivity contribution in [3.8, 4) is 0 Å². The molecule has 1 aliphatic rings. The van der Waals surface area contributed by atoms with Crippen LogP contribution in [0.4, 0.5) is 5.69 Å². The molecule has 1 N–H and O–H groups in total. The molecular weight excluding hydrogens is 392 g/mol. The van der Waals surface area contributed by atoms with Crippen LogP contribution in [0.2, 0.25) is 0 Å². The van der Waals surface area contributed by atoms with E-state index in [9.17, 15) is 13.2 Å². The number of benzene rings is 1. The molecule has 1 aliphatic heterocycles. The first-order valence-corrected chi connectivity index (χ1v) is 11.1. The van der Waals surface area contributed by atoms with Crippen molar-refractivity contribution in [3.05, 3.63) is 41.3 Å². The number of sulfonamides is 1. The van der Waals surface area contributed by atoms with E-state index >= 15 is 0 Å². The van der Waals surface area contributed by atoms with Crippen LogP contribution in [0.1, 0.15) is 29.8 Å². The van der Waals surface area contributed by atoms with Gasteiger partial charge in [-0.25, -0.2) is 13.4 Å². The summed E-state index contributed by atoms with van der Waals surface area (Å²) in [6.45, 7) is 6.04. The first-order chi connectivity index (χ1) is 13.7. The maximum Gasteiger partial charge on any atom is 0.262 e. The van der Waals surface area contributed by atoms with Crippen molar-refractivity contribution in [2.75, 3.05) is 25.0 Å². The van der Waals surface area contributed by atoms with Crippen LogP contribution in [0.5, 0.6) is 0 Å². The average Bonchev–Trinajstić information content (AvgIpc) is 3.29. The van der Waals surface area contributed by atoms with Crippen LogP contribution in [-0.4, -0.2) is 54.0 Å². The predicted molar refractivity (Wildman–Crippen MR) is 110 cm³/mol. The molecule has 1 atom stereocenters. The fraction of sp³-hybridized carbons (Fsp3) is 0.500. The number of imidazole rings is 1. The third-order valence-corrected chi connectivity index (χ3v) is 7.00. The summed E-state index contributed by atoms with van der Waals surface area (Å²) in [6.07, 6.45) is 2.90. The highest BCUT2D eigenvalue weighted by atomic mass is 32.2. The summed E-state index contributed by atoms with van der Waals surface area (Å²) in [7, 11) is -2.20. The third-order valence-electron chi connectivity index (χ3n) is 5.32. The number of aromatic nitrogens is 2. The van der Waals surface area contributed by atoms with E-state index in [1.54, 1.807) is 24.6 Å². The standard InChI is InChI=1S/C20H28N4O4S/c1-14-7-5-9-18(15(14)2)22-19(25)12-24(11-17-8-6-10-28-17)29(26,27)20-13-23(4)16(3)21-20/h5,7,9,13,17H,6,8,10-12H2,1-4H3,(H,22,25). The van der Waals surface area contributed by atoms with Crippen molar-refractivity contribution < 1.29 is 17.9 Å². The summed E-state index contributed by atoms with van der Waals surface area (Å²) in [4.78, 5) is 16.9. The van der Waals surface area contributed by atoms with Crippen LogP contribution in [0.15, 0.2) is 29.4 Å². The molecule has 3 rings (SSSR count). The fourth-order valence-electron chi connectivity index (χ4n) is 3.28. The Hall–Kier alpha value is -2.23. The maximum atomic E-state index is 13.2. The monoisotopic (exact) mass is 420 g/mol. The highest BCUT2D eigenvalue weighted by molar-refractivity contribution is 7.89. The lowest BCUT2D eigenvalue weighted by atomic mass is 10.1. The minimum atomic E-state index is -3.94. The molecule has 1 amide bonds. The van der Waals surface area contributed by atoms with Gasteiger partial charge in [0, 0.05) is 32.1 Å². The van der Waals surface area contributed by atoms with Crippen LogP contribution >= 0.6 is 0 Å². The molecule has 1 fully saturated rings. The molecule has 29 heavy (non-hydrogen) atoms. The Bertz CT molecular complexity index is 974. The highest BCUT2D eigenvalue weighted by Gasteiger charge is 2.32. The van der Waals surface area contributed by atoms with E-state index in [2.05, 4.69) is 10.3 Å². The first-order valence-electron chi connectivity index (χ1n) is 9.66. The first kappa shape index (κ1) is 21.5. The van der Waals surface area contributed by atoms with E-state index in [4.69, 9.17) is 4.74 Å². The molecule has 158 valence electrons. The normalized spacial score (nSPS) is 17.1. The number of rotatable bonds is 7. The molecule has 9 heteroatoms. The van der Waals surface area contributed by atoms with E-state index in [0.717, 1.165) is 24.0 Å². The van der Waals surface area contributed by atoms with Gasteiger partial charge < -0.3 is 14.6 Å². The number of hydrogen-bond donors (Lipinski definition) is 1. The molecule has 2 heterocycles. The number of aryl methyl sites for hydroxylation is 3. The van der Waals surface area contributed by atoms with Crippen molar-refractivity contribution in [1.29, 1.82) is 0 Å². The second-order valence-electron chi connectivity index (χ2n) is 7.47. The molecule has 0 bridgehead atoms. The van der Waals surface area contributed by atoms with Gasteiger partial charge in [0.15, 0.2) is 5.03 Å². The number of anilines is 1. The van der Waals surface area contributed by atoms with Gasteiger partial charge >= 0.3 is 0 Å². The molecule has 1 aromatic carbocycles. The van der Waals surface area contributed by atoms with Gasteiger partial charge in [-0.05, 0) is 50.8 Å². The molecule has 0 saturated carbocycles. The number of nitrogens with zero attached hydrogens (tertiary/aromatic N) is 3. The third kappa shape index (κ3) is 4.85. The zero-order chi connectivity index (χ0) is 21.2. The lowest BCUT2D eigenvalue weighted by molar-refractivity contribution is -0.116. The average molecular weight is 421 g/mol. The van der Waals surface area contributed by atoms with Crippen molar-refractivity contribution in [2.45, 2.75) is 44.7 Å². The van der Waals surface area contributed by atoms with Crippen molar-refractivity contribution in [2.24, 2.45) is 7.05 Å². The Morgan fingerprint density at radius 2 is 2.10 bits per heavy atom. The number of hydrogen-bond acceptors (Lipinski definition) is 5. The molecule has 1 saturated heterocycles. The molecule has 1 aromatic heterocycles. The summed E-state index contributed by atoms with van der Waals surface area (Å²) in [5.41, 5.74) is 2.68. The molecule has 0 spiro atoms. The minimum absolute atomic E-state index is 0.0602. The van der Waals surface area contributed by atoms with Gasteiger partial charge in [-0.2, -0.15) is 4.31 Å². The van der Waals surface area contributed by atoms with Crippen LogP contribution in [0.25, 0.3) is 0 Å². The summed E-state index contributed by atoms with van der Waals surface area (Å²) >= 11 is 0. The molecule has 2 aromatic rings. The van der Waals surface area contributed by atoms with Gasteiger partial charge in [0.05, 0.1) is 12.6 Å².